The SMILES string of the molecule is O=C1CCC(N2C(=O)c3cccc(NCCOCCOCCOCCOCCNc4ncnc5[nH]cc(C(=O)c6ccc(Oc7ccccc7)cc6Cl)c45)c3C2=O)C(=O)N1. The second-order valence-corrected chi connectivity index (χ2v) is 13.9. The zero-order valence-electron chi connectivity index (χ0n) is 32.4. The number of hydrogen-bond acceptors (Lipinski definition) is 14. The Labute approximate surface area is 349 Å². The van der Waals surface area contributed by atoms with Crippen LogP contribution in [-0.2, 0) is 28.5 Å². The molecule has 1 fully saturated rings. The Bertz CT molecular complexity index is 2360. The Hall–Kier alpha value is -6.24. The molecule has 0 bridgehead atoms. The van der Waals surface area contributed by atoms with Crippen molar-refractivity contribution in [3.63, 3.8) is 0 Å². The Morgan fingerprint density at radius 3 is 2.17 bits per heavy atom. The second kappa shape index (κ2) is 20.1. The zero-order chi connectivity index (χ0) is 41.8. The van der Waals surface area contributed by atoms with Crippen molar-refractivity contribution < 1.29 is 47.7 Å². The molecule has 312 valence electrons. The number of imide groups is 2. The Morgan fingerprint density at radius 2 is 1.47 bits per heavy atom. The molecule has 60 heavy (non-hydrogen) atoms. The summed E-state index contributed by atoms with van der Waals surface area (Å²) >= 11 is 6.54. The van der Waals surface area contributed by atoms with Crippen molar-refractivity contribution in [1.29, 1.82) is 0 Å². The van der Waals surface area contributed by atoms with E-state index in [9.17, 15) is 24.0 Å². The van der Waals surface area contributed by atoms with Gasteiger partial charge in [0.2, 0.25) is 11.8 Å². The van der Waals surface area contributed by atoms with Crippen LogP contribution in [0.2, 0.25) is 5.02 Å². The first-order chi connectivity index (χ1) is 29.3. The molecule has 17 nitrogen and oxygen atoms in total. The summed E-state index contributed by atoms with van der Waals surface area (Å²) in [6.45, 7) is 3.65. The number of anilines is 2. The van der Waals surface area contributed by atoms with Crippen molar-refractivity contribution in [2.45, 2.75) is 18.9 Å². The maximum Gasteiger partial charge on any atom is 0.264 e. The minimum Gasteiger partial charge on any atom is -0.457 e. The summed E-state index contributed by atoms with van der Waals surface area (Å²) < 4.78 is 28.3. The molecule has 7 rings (SSSR count). The molecule has 1 saturated heterocycles. The number of nitrogens with zero attached hydrogens (tertiary/aromatic N) is 3. The van der Waals surface area contributed by atoms with Crippen LogP contribution in [0.15, 0.2) is 79.3 Å². The van der Waals surface area contributed by atoms with Gasteiger partial charge in [-0.15, -0.1) is 0 Å². The van der Waals surface area contributed by atoms with Gasteiger partial charge in [-0.3, -0.25) is 34.2 Å². The van der Waals surface area contributed by atoms with Crippen LogP contribution in [-0.4, -0.2) is 121 Å². The molecule has 2 aliphatic rings. The summed E-state index contributed by atoms with van der Waals surface area (Å²) in [5, 5.41) is 9.35. The minimum absolute atomic E-state index is 0.0545. The number of carbonyl (C=O) groups excluding carboxylic acids is 5. The standard InChI is InChI=1S/C42H42ClN7O10/c43-31-23-27(60-26-5-2-1-3-6-26)9-10-28(31)37(52)30-24-46-39-36(30)38(47-25-48-39)45-14-16-57-18-20-59-22-21-58-19-17-56-15-13-44-32-8-4-7-29-35(32)42(55)50(41(29)54)33-11-12-34(51)49-40(33)53/h1-10,23-25,33,44H,11-22H2,(H,49,51,53)(H2,45,46,47,48). The molecule has 18 heteroatoms. The number of carbonyl (C=O) groups is 5. The van der Waals surface area contributed by atoms with Crippen molar-refractivity contribution in [3.8, 4) is 11.5 Å². The lowest BCUT2D eigenvalue weighted by atomic mass is 10.0. The molecule has 0 aliphatic carbocycles. The van der Waals surface area contributed by atoms with Gasteiger partial charge in [0, 0.05) is 43.0 Å². The first-order valence-corrected chi connectivity index (χ1v) is 19.7. The van der Waals surface area contributed by atoms with E-state index in [1.165, 1.54) is 6.33 Å². The predicted octanol–water partition coefficient (Wildman–Crippen LogP) is 4.63. The Morgan fingerprint density at radius 1 is 0.767 bits per heavy atom. The van der Waals surface area contributed by atoms with Gasteiger partial charge in [0.05, 0.1) is 80.0 Å². The van der Waals surface area contributed by atoms with Crippen LogP contribution < -0.4 is 20.7 Å². The van der Waals surface area contributed by atoms with Crippen LogP contribution in [0.4, 0.5) is 11.5 Å². The van der Waals surface area contributed by atoms with Crippen LogP contribution in [0.5, 0.6) is 11.5 Å². The Balaban J connectivity index is 0.741. The summed E-state index contributed by atoms with van der Waals surface area (Å²) in [7, 11) is 0. The summed E-state index contributed by atoms with van der Waals surface area (Å²) in [5.41, 5.74) is 2.06. The molecule has 4 amide bonds. The third kappa shape index (κ3) is 9.95. The van der Waals surface area contributed by atoms with E-state index in [2.05, 4.69) is 30.9 Å². The van der Waals surface area contributed by atoms with Crippen molar-refractivity contribution in [1.82, 2.24) is 25.2 Å². The maximum absolute atomic E-state index is 13.6. The third-order valence-electron chi connectivity index (χ3n) is 9.56. The minimum atomic E-state index is -1.03. The van der Waals surface area contributed by atoms with Gasteiger partial charge in [-0.25, -0.2) is 9.97 Å². The molecular weight excluding hydrogens is 798 g/mol. The van der Waals surface area contributed by atoms with Crippen molar-refractivity contribution in [2.75, 3.05) is 76.6 Å². The number of piperidine rings is 1. The maximum atomic E-state index is 13.6. The number of ether oxygens (including phenoxy) is 5. The van der Waals surface area contributed by atoms with E-state index in [1.54, 1.807) is 42.6 Å². The van der Waals surface area contributed by atoms with E-state index in [-0.39, 0.29) is 34.8 Å². The highest BCUT2D eigenvalue weighted by atomic mass is 35.5. The third-order valence-corrected chi connectivity index (χ3v) is 9.88. The van der Waals surface area contributed by atoms with Crippen molar-refractivity contribution in [2.24, 2.45) is 0 Å². The first kappa shape index (κ1) is 41.9. The molecule has 0 saturated carbocycles. The summed E-state index contributed by atoms with van der Waals surface area (Å²) in [5.74, 6) is -0.853. The smallest absolute Gasteiger partial charge is 0.264 e. The van der Waals surface area contributed by atoms with Gasteiger partial charge >= 0.3 is 0 Å². The first-order valence-electron chi connectivity index (χ1n) is 19.3. The molecule has 1 atom stereocenters. The van der Waals surface area contributed by atoms with E-state index in [0.717, 1.165) is 4.90 Å². The van der Waals surface area contributed by atoms with Gasteiger partial charge in [0.25, 0.3) is 11.8 Å². The van der Waals surface area contributed by atoms with Crippen LogP contribution in [0.1, 0.15) is 49.5 Å². The fraction of sp³-hybridized carbons (Fsp3) is 0.310. The molecule has 1 unspecified atom stereocenters. The average Bonchev–Trinajstić information content (AvgIpc) is 3.80. The molecule has 0 radical (unpaired) electrons. The Kier molecular flexibility index (Phi) is 14.1. The van der Waals surface area contributed by atoms with Crippen LogP contribution >= 0.6 is 11.6 Å². The van der Waals surface area contributed by atoms with Gasteiger partial charge in [-0.05, 0) is 42.8 Å². The number of aromatic amines is 1. The molecule has 5 aromatic rings. The molecule has 0 spiro atoms. The highest BCUT2D eigenvalue weighted by Gasteiger charge is 2.45. The largest absolute Gasteiger partial charge is 0.457 e. The fourth-order valence-corrected chi connectivity index (χ4v) is 6.97. The number of fused-ring (bicyclic) bond motifs is 2. The fourth-order valence-electron chi connectivity index (χ4n) is 6.71. The number of benzene rings is 3. The lowest BCUT2D eigenvalue weighted by molar-refractivity contribution is -0.136. The zero-order valence-corrected chi connectivity index (χ0v) is 33.1. The second-order valence-electron chi connectivity index (χ2n) is 13.5. The number of halogens is 1. The topological polar surface area (TPSA) is 212 Å². The van der Waals surface area contributed by atoms with Gasteiger partial charge < -0.3 is 39.3 Å². The van der Waals surface area contributed by atoms with Gasteiger partial charge in [0.1, 0.15) is 35.3 Å². The van der Waals surface area contributed by atoms with Crippen LogP contribution in [0.3, 0.4) is 0 Å². The van der Waals surface area contributed by atoms with E-state index < -0.39 is 29.7 Å². The summed E-state index contributed by atoms with van der Waals surface area (Å²) in [6, 6.07) is 18.1. The summed E-state index contributed by atoms with van der Waals surface area (Å²) in [6.07, 6.45) is 3.15. The number of ketones is 1. The highest BCUT2D eigenvalue weighted by molar-refractivity contribution is 6.36. The number of hydrogen-bond donors (Lipinski definition) is 4. The molecule has 4 heterocycles. The van der Waals surface area contributed by atoms with Gasteiger partial charge in [-0.2, -0.15) is 0 Å². The van der Waals surface area contributed by atoms with E-state index in [1.807, 2.05) is 30.3 Å². The lowest BCUT2D eigenvalue weighted by Crippen LogP contribution is -2.54. The lowest BCUT2D eigenvalue weighted by Gasteiger charge is -2.27. The molecule has 2 aromatic heterocycles. The number of para-hydroxylation sites is 1. The predicted molar refractivity (Wildman–Crippen MR) is 219 cm³/mol. The number of aromatic nitrogens is 3. The number of amides is 4. The molecular formula is C42H42ClN7O10. The van der Waals surface area contributed by atoms with Gasteiger partial charge in [-0.1, -0.05) is 35.9 Å². The van der Waals surface area contributed by atoms with E-state index in [0.29, 0.717) is 111 Å². The number of H-pyrrole nitrogens is 1. The van der Waals surface area contributed by atoms with Crippen LogP contribution in [0.25, 0.3) is 11.0 Å². The molecule has 4 N–H and O–H groups in total. The normalized spacial score (nSPS) is 15.0. The van der Waals surface area contributed by atoms with E-state index in [4.69, 9.17) is 35.3 Å². The number of rotatable bonds is 22. The molecule has 3 aromatic carbocycles. The quantitative estimate of drug-likeness (QED) is 0.0426. The molecule has 2 aliphatic heterocycles. The monoisotopic (exact) mass is 839 g/mol. The number of nitrogens with one attached hydrogen (secondary N) is 4. The average molecular weight is 840 g/mol. The van der Waals surface area contributed by atoms with Crippen LogP contribution in [0, 0.1) is 0 Å². The highest BCUT2D eigenvalue weighted by Crippen LogP contribution is 2.33. The van der Waals surface area contributed by atoms with Crippen molar-refractivity contribution in [3.05, 3.63) is 107 Å². The van der Waals surface area contributed by atoms with Gasteiger partial charge in [0.15, 0.2) is 5.78 Å². The van der Waals surface area contributed by atoms with Crippen molar-refractivity contribution >= 4 is 63.6 Å². The van der Waals surface area contributed by atoms with E-state index >= 15 is 0 Å². The summed E-state index contributed by atoms with van der Waals surface area (Å²) in [4.78, 5) is 76.3.